The van der Waals surface area contributed by atoms with Gasteiger partial charge in [0.15, 0.2) is 0 Å². The number of para-hydroxylation sites is 1. The highest BCUT2D eigenvalue weighted by atomic mass is 35.5. The smallest absolute Gasteiger partial charge is 0.264 e. The second-order valence-corrected chi connectivity index (χ2v) is 9.81. The molecule has 1 saturated heterocycles. The minimum Gasteiger partial charge on any atom is -0.368 e. The summed E-state index contributed by atoms with van der Waals surface area (Å²) in [5.41, 5.74) is 1.48. The highest BCUT2D eigenvalue weighted by molar-refractivity contribution is 7.92. The predicted molar refractivity (Wildman–Crippen MR) is 128 cm³/mol. The molecule has 8 heteroatoms. The summed E-state index contributed by atoms with van der Waals surface area (Å²) in [7, 11) is -3.94. The van der Waals surface area contributed by atoms with Crippen molar-refractivity contribution in [3.8, 4) is 0 Å². The van der Waals surface area contributed by atoms with E-state index in [2.05, 4.69) is 4.90 Å². The fraction of sp³-hybridized carbons (Fsp3) is 0.208. The van der Waals surface area contributed by atoms with Crippen molar-refractivity contribution in [2.24, 2.45) is 0 Å². The first-order valence-electron chi connectivity index (χ1n) is 10.4. The van der Waals surface area contributed by atoms with Crippen LogP contribution in [-0.4, -0.2) is 51.9 Å². The van der Waals surface area contributed by atoms with Crippen molar-refractivity contribution in [3.05, 3.63) is 90.0 Å². The Morgan fingerprint density at radius 3 is 2.09 bits per heavy atom. The molecule has 1 aliphatic heterocycles. The lowest BCUT2D eigenvalue weighted by Crippen LogP contribution is -2.52. The number of carbonyl (C=O) groups excluding carboxylic acids is 1. The van der Waals surface area contributed by atoms with E-state index in [1.807, 2.05) is 30.3 Å². The molecule has 4 rings (SSSR count). The lowest BCUT2D eigenvalue weighted by molar-refractivity contribution is -0.129. The van der Waals surface area contributed by atoms with Crippen LogP contribution in [0.5, 0.6) is 0 Å². The van der Waals surface area contributed by atoms with E-state index in [0.717, 1.165) is 9.99 Å². The second kappa shape index (κ2) is 9.63. The van der Waals surface area contributed by atoms with Crippen LogP contribution in [0.25, 0.3) is 0 Å². The van der Waals surface area contributed by atoms with Gasteiger partial charge in [-0.15, -0.1) is 0 Å². The average Bonchev–Trinajstić information content (AvgIpc) is 2.83. The lowest BCUT2D eigenvalue weighted by Gasteiger charge is -2.37. The summed E-state index contributed by atoms with van der Waals surface area (Å²) in [5.74, 6) is -0.239. The van der Waals surface area contributed by atoms with E-state index in [1.54, 1.807) is 47.4 Å². The van der Waals surface area contributed by atoms with E-state index in [-0.39, 0.29) is 17.3 Å². The van der Waals surface area contributed by atoms with Gasteiger partial charge in [-0.25, -0.2) is 8.42 Å². The first kappa shape index (κ1) is 22.2. The third-order valence-electron chi connectivity index (χ3n) is 5.46. The molecule has 6 nitrogen and oxygen atoms in total. The van der Waals surface area contributed by atoms with E-state index in [1.165, 1.54) is 12.1 Å². The van der Waals surface area contributed by atoms with Gasteiger partial charge in [0.05, 0.1) is 10.6 Å². The molecule has 0 atom stereocenters. The maximum atomic E-state index is 13.4. The van der Waals surface area contributed by atoms with E-state index >= 15 is 0 Å². The Morgan fingerprint density at radius 1 is 0.844 bits per heavy atom. The third-order valence-corrected chi connectivity index (χ3v) is 7.48. The number of rotatable bonds is 6. The van der Waals surface area contributed by atoms with Gasteiger partial charge in [-0.05, 0) is 42.5 Å². The lowest BCUT2D eigenvalue weighted by atomic mass is 10.2. The van der Waals surface area contributed by atoms with E-state index < -0.39 is 10.0 Å². The average molecular weight is 470 g/mol. The summed E-state index contributed by atoms with van der Waals surface area (Å²) >= 11 is 6.12. The Hall–Kier alpha value is -3.03. The maximum absolute atomic E-state index is 13.4. The van der Waals surface area contributed by atoms with Crippen LogP contribution in [-0.2, 0) is 14.8 Å². The van der Waals surface area contributed by atoms with Gasteiger partial charge in [0.1, 0.15) is 6.54 Å². The molecular formula is C24H24ClN3O3S. The van der Waals surface area contributed by atoms with E-state index in [0.29, 0.717) is 36.9 Å². The number of piperazine rings is 1. The van der Waals surface area contributed by atoms with Gasteiger partial charge >= 0.3 is 0 Å². The molecule has 0 N–H and O–H groups in total. The monoisotopic (exact) mass is 469 g/mol. The number of amides is 1. The molecule has 0 aromatic heterocycles. The molecule has 3 aromatic carbocycles. The maximum Gasteiger partial charge on any atom is 0.264 e. The Labute approximate surface area is 193 Å². The zero-order valence-corrected chi connectivity index (χ0v) is 19.0. The van der Waals surface area contributed by atoms with Crippen molar-refractivity contribution >= 4 is 38.9 Å². The van der Waals surface area contributed by atoms with Crippen molar-refractivity contribution in [2.45, 2.75) is 4.90 Å². The van der Waals surface area contributed by atoms with Crippen molar-refractivity contribution in [2.75, 3.05) is 41.9 Å². The molecule has 3 aromatic rings. The van der Waals surface area contributed by atoms with Crippen molar-refractivity contribution in [3.63, 3.8) is 0 Å². The van der Waals surface area contributed by atoms with Crippen LogP contribution < -0.4 is 9.21 Å². The Balaban J connectivity index is 1.53. The van der Waals surface area contributed by atoms with Crippen molar-refractivity contribution in [1.29, 1.82) is 0 Å². The first-order valence-corrected chi connectivity index (χ1v) is 12.2. The van der Waals surface area contributed by atoms with Gasteiger partial charge in [0, 0.05) is 36.9 Å². The normalized spacial score (nSPS) is 14.3. The Kier molecular flexibility index (Phi) is 6.67. The SMILES string of the molecule is O=C(CN(c1cccc(Cl)c1)S(=O)(=O)c1ccccc1)N1CCN(c2ccccc2)CC1. The van der Waals surface area contributed by atoms with E-state index in [9.17, 15) is 13.2 Å². The van der Waals surface area contributed by atoms with Crippen LogP contribution in [0.2, 0.25) is 5.02 Å². The molecule has 0 bridgehead atoms. The molecule has 1 fully saturated rings. The van der Waals surface area contributed by atoms with Gasteiger partial charge in [-0.1, -0.05) is 54.1 Å². The zero-order chi connectivity index (χ0) is 22.6. The summed E-state index contributed by atoms with van der Waals surface area (Å²) in [6, 6.07) is 24.7. The number of carbonyl (C=O) groups is 1. The molecule has 0 unspecified atom stereocenters. The highest BCUT2D eigenvalue weighted by Gasteiger charge is 2.30. The number of hydrogen-bond donors (Lipinski definition) is 0. The van der Waals surface area contributed by atoms with Crippen LogP contribution in [0, 0.1) is 0 Å². The quantitative estimate of drug-likeness (QED) is 0.549. The van der Waals surface area contributed by atoms with Gasteiger partial charge in [-0.2, -0.15) is 0 Å². The second-order valence-electron chi connectivity index (χ2n) is 7.51. The molecule has 0 saturated carbocycles. The molecule has 0 aliphatic carbocycles. The summed E-state index contributed by atoms with van der Waals surface area (Å²) in [5, 5.41) is 0.402. The fourth-order valence-electron chi connectivity index (χ4n) is 3.74. The Morgan fingerprint density at radius 2 is 1.47 bits per heavy atom. The summed E-state index contributed by atoms with van der Waals surface area (Å²) in [4.78, 5) is 17.2. The topological polar surface area (TPSA) is 60.9 Å². The summed E-state index contributed by atoms with van der Waals surface area (Å²) in [6.45, 7) is 2.16. The van der Waals surface area contributed by atoms with Crippen molar-refractivity contribution in [1.82, 2.24) is 4.90 Å². The Bertz CT molecular complexity index is 1170. The molecule has 1 heterocycles. The first-order chi connectivity index (χ1) is 15.4. The van der Waals surface area contributed by atoms with Crippen LogP contribution in [0.1, 0.15) is 0 Å². The molecular weight excluding hydrogens is 446 g/mol. The third kappa shape index (κ3) is 4.89. The van der Waals surface area contributed by atoms with E-state index in [4.69, 9.17) is 11.6 Å². The van der Waals surface area contributed by atoms with Gasteiger partial charge in [0.25, 0.3) is 10.0 Å². The molecule has 32 heavy (non-hydrogen) atoms. The number of anilines is 2. The highest BCUT2D eigenvalue weighted by Crippen LogP contribution is 2.26. The summed E-state index contributed by atoms with van der Waals surface area (Å²) < 4.78 is 27.9. The number of halogens is 1. The van der Waals surface area contributed by atoms with Crippen molar-refractivity contribution < 1.29 is 13.2 Å². The molecule has 0 radical (unpaired) electrons. The van der Waals surface area contributed by atoms with Crippen LogP contribution in [0.15, 0.2) is 89.8 Å². The van der Waals surface area contributed by atoms with Gasteiger partial charge in [-0.3, -0.25) is 9.10 Å². The molecule has 166 valence electrons. The molecule has 1 amide bonds. The van der Waals surface area contributed by atoms with Crippen LogP contribution in [0.4, 0.5) is 11.4 Å². The molecule has 0 spiro atoms. The van der Waals surface area contributed by atoms with Gasteiger partial charge in [0.2, 0.25) is 5.91 Å². The minimum atomic E-state index is -3.94. The zero-order valence-electron chi connectivity index (χ0n) is 17.5. The summed E-state index contributed by atoms with van der Waals surface area (Å²) in [6.07, 6.45) is 0. The standard InChI is InChI=1S/C24H24ClN3O3S/c25-20-8-7-11-22(18-20)28(32(30,31)23-12-5-2-6-13-23)19-24(29)27-16-14-26(15-17-27)21-9-3-1-4-10-21/h1-13,18H,14-17,19H2. The fourth-order valence-corrected chi connectivity index (χ4v) is 5.35. The van der Waals surface area contributed by atoms with Gasteiger partial charge < -0.3 is 9.80 Å². The number of nitrogens with zero attached hydrogens (tertiary/aromatic N) is 3. The van der Waals surface area contributed by atoms with Crippen LogP contribution in [0.3, 0.4) is 0 Å². The largest absolute Gasteiger partial charge is 0.368 e. The number of sulfonamides is 1. The number of benzene rings is 3. The predicted octanol–water partition coefficient (Wildman–Crippen LogP) is 3.88. The minimum absolute atomic E-state index is 0.127. The number of hydrogen-bond acceptors (Lipinski definition) is 4. The molecule has 1 aliphatic rings. The van der Waals surface area contributed by atoms with Crippen LogP contribution >= 0.6 is 11.6 Å².